The molecule has 2 saturated carbocycles. The molecular weight excluding hydrogens is 280 g/mol. The molecule has 1 atom stereocenters. The van der Waals surface area contributed by atoms with Gasteiger partial charge in [-0.3, -0.25) is 9.59 Å². The first-order valence-corrected chi connectivity index (χ1v) is 8.98. The normalized spacial score (nSPS) is 24.6. The first kappa shape index (κ1) is 15.5. The minimum Gasteiger partial charge on any atom is -0.469 e. The number of carbonyl (C=O) groups excluding carboxylic acids is 2. The van der Waals surface area contributed by atoms with Gasteiger partial charge in [0, 0.05) is 12.3 Å². The van der Waals surface area contributed by atoms with E-state index in [4.69, 9.17) is 0 Å². The van der Waals surface area contributed by atoms with Gasteiger partial charge in [0.25, 0.3) is 0 Å². The van der Waals surface area contributed by atoms with Gasteiger partial charge >= 0.3 is 5.97 Å². The molecule has 0 radical (unpaired) electrons. The Labute approximate surface area is 120 Å². The van der Waals surface area contributed by atoms with Crippen molar-refractivity contribution in [3.8, 4) is 0 Å². The molecule has 0 N–H and O–H groups in total. The minimum absolute atomic E-state index is 0.0516. The van der Waals surface area contributed by atoms with E-state index in [0.29, 0.717) is 12.8 Å². The summed E-state index contributed by atoms with van der Waals surface area (Å²) in [6, 6.07) is 0. The smallest absolute Gasteiger partial charge is 0.306 e. The van der Waals surface area contributed by atoms with Crippen LogP contribution in [0.4, 0.5) is 0 Å². The molecule has 2 aliphatic carbocycles. The number of ether oxygens (including phenoxy) is 1. The maximum Gasteiger partial charge on any atom is 0.306 e. The number of hydrogen-bond donors (Lipinski definition) is 0. The van der Waals surface area contributed by atoms with Crippen LogP contribution in [0, 0.1) is 11.3 Å². The zero-order chi connectivity index (χ0) is 14.8. The van der Waals surface area contributed by atoms with E-state index in [1.165, 1.54) is 7.11 Å². The highest BCUT2D eigenvalue weighted by atomic mass is 32.2. The van der Waals surface area contributed by atoms with Crippen molar-refractivity contribution in [2.75, 3.05) is 18.6 Å². The van der Waals surface area contributed by atoms with Gasteiger partial charge in [-0.1, -0.05) is 0 Å². The Morgan fingerprint density at radius 1 is 1.40 bits per heavy atom. The summed E-state index contributed by atoms with van der Waals surface area (Å²) < 4.78 is 28.9. The molecule has 2 aliphatic rings. The Kier molecular flexibility index (Phi) is 4.52. The molecule has 6 heteroatoms. The highest BCUT2D eigenvalue weighted by molar-refractivity contribution is 7.91. The summed E-state index contributed by atoms with van der Waals surface area (Å²) in [6.07, 6.45) is 4.46. The zero-order valence-electron chi connectivity index (χ0n) is 11.9. The third-order valence-electron chi connectivity index (χ3n) is 4.44. The fourth-order valence-corrected chi connectivity index (χ4v) is 5.09. The highest BCUT2D eigenvalue weighted by Crippen LogP contribution is 2.50. The molecule has 0 aromatic rings. The van der Waals surface area contributed by atoms with Gasteiger partial charge in [-0.2, -0.15) is 0 Å². The van der Waals surface area contributed by atoms with Crippen molar-refractivity contribution in [2.24, 2.45) is 11.3 Å². The van der Waals surface area contributed by atoms with Gasteiger partial charge in [-0.05, 0) is 37.5 Å². The van der Waals surface area contributed by atoms with E-state index in [1.807, 2.05) is 0 Å². The van der Waals surface area contributed by atoms with Crippen molar-refractivity contribution < 1.29 is 22.7 Å². The van der Waals surface area contributed by atoms with Crippen LogP contribution in [0.1, 0.15) is 44.9 Å². The topological polar surface area (TPSA) is 77.5 Å². The third-order valence-corrected chi connectivity index (χ3v) is 6.35. The summed E-state index contributed by atoms with van der Waals surface area (Å²) in [4.78, 5) is 22.8. The number of ketones is 1. The predicted molar refractivity (Wildman–Crippen MR) is 73.9 cm³/mol. The number of methoxy groups -OCH3 is 1. The SMILES string of the molecule is COC(=O)CC1(CS(=O)(=O)CCC2CCCC2=O)CC1. The van der Waals surface area contributed by atoms with Gasteiger partial charge in [0.2, 0.25) is 0 Å². The lowest BCUT2D eigenvalue weighted by Crippen LogP contribution is -2.24. The Balaban J connectivity index is 1.84. The number of carbonyl (C=O) groups is 2. The monoisotopic (exact) mass is 302 g/mol. The number of hydrogen-bond acceptors (Lipinski definition) is 5. The molecular formula is C14H22O5S. The summed E-state index contributed by atoms with van der Waals surface area (Å²) in [5, 5.41) is 0. The molecule has 20 heavy (non-hydrogen) atoms. The predicted octanol–water partition coefficient (Wildman–Crippen LogP) is 1.50. The molecule has 0 saturated heterocycles. The van der Waals surface area contributed by atoms with Crippen LogP contribution in [0.3, 0.4) is 0 Å². The van der Waals surface area contributed by atoms with E-state index in [-0.39, 0.29) is 35.6 Å². The van der Waals surface area contributed by atoms with E-state index >= 15 is 0 Å². The van der Waals surface area contributed by atoms with Crippen LogP contribution in [-0.2, 0) is 24.2 Å². The Hall–Kier alpha value is -0.910. The number of esters is 1. The van der Waals surface area contributed by atoms with E-state index < -0.39 is 15.3 Å². The van der Waals surface area contributed by atoms with Gasteiger partial charge in [-0.25, -0.2) is 8.42 Å². The molecule has 2 fully saturated rings. The molecule has 0 amide bonds. The van der Waals surface area contributed by atoms with Crippen molar-refractivity contribution in [1.82, 2.24) is 0 Å². The van der Waals surface area contributed by atoms with E-state index in [1.54, 1.807) is 0 Å². The van der Waals surface area contributed by atoms with E-state index in [0.717, 1.165) is 25.7 Å². The first-order chi connectivity index (χ1) is 9.36. The molecule has 114 valence electrons. The Bertz CT molecular complexity index is 490. The van der Waals surface area contributed by atoms with Crippen LogP contribution >= 0.6 is 0 Å². The molecule has 1 unspecified atom stereocenters. The molecule has 2 rings (SSSR count). The number of rotatable bonds is 7. The second-order valence-corrected chi connectivity index (χ2v) is 8.37. The van der Waals surface area contributed by atoms with Crippen molar-refractivity contribution in [2.45, 2.75) is 44.9 Å². The standard InChI is InChI=1S/C14H22O5S/c1-19-13(16)9-14(6-7-14)10-20(17,18)8-5-11-3-2-4-12(11)15/h11H,2-10H2,1H3. The summed E-state index contributed by atoms with van der Waals surface area (Å²) in [6.45, 7) is 0. The average Bonchev–Trinajstić information content (AvgIpc) is 2.97. The first-order valence-electron chi connectivity index (χ1n) is 7.16. The van der Waals surface area contributed by atoms with Gasteiger partial charge in [0.1, 0.15) is 5.78 Å². The van der Waals surface area contributed by atoms with Gasteiger partial charge in [0.05, 0.1) is 25.0 Å². The molecule has 5 nitrogen and oxygen atoms in total. The van der Waals surface area contributed by atoms with Gasteiger partial charge in [0.15, 0.2) is 9.84 Å². The number of Topliss-reactive ketones (excluding diaryl/α,β-unsaturated/α-hetero) is 1. The summed E-state index contributed by atoms with van der Waals surface area (Å²) in [5.74, 6) is -0.0948. The van der Waals surface area contributed by atoms with Crippen LogP contribution in [0.2, 0.25) is 0 Å². The largest absolute Gasteiger partial charge is 0.469 e. The highest BCUT2D eigenvalue weighted by Gasteiger charge is 2.47. The second-order valence-electron chi connectivity index (χ2n) is 6.19. The van der Waals surface area contributed by atoms with Crippen LogP contribution in [0.5, 0.6) is 0 Å². The summed E-state index contributed by atoms with van der Waals surface area (Å²) in [7, 11) is -1.88. The van der Waals surface area contributed by atoms with Crippen LogP contribution in [0.25, 0.3) is 0 Å². The number of sulfone groups is 1. The van der Waals surface area contributed by atoms with E-state index in [2.05, 4.69) is 4.74 Å². The van der Waals surface area contributed by atoms with Crippen molar-refractivity contribution in [3.63, 3.8) is 0 Å². The summed E-state index contributed by atoms with van der Waals surface area (Å²) >= 11 is 0. The van der Waals surface area contributed by atoms with Crippen LogP contribution < -0.4 is 0 Å². The van der Waals surface area contributed by atoms with Crippen molar-refractivity contribution in [3.05, 3.63) is 0 Å². The molecule has 0 heterocycles. The van der Waals surface area contributed by atoms with Gasteiger partial charge in [-0.15, -0.1) is 0 Å². The molecule has 0 aromatic carbocycles. The average molecular weight is 302 g/mol. The second kappa shape index (κ2) is 5.84. The van der Waals surface area contributed by atoms with Crippen molar-refractivity contribution >= 4 is 21.6 Å². The fourth-order valence-electron chi connectivity index (χ4n) is 2.98. The molecule has 0 bridgehead atoms. The molecule has 0 spiro atoms. The van der Waals surface area contributed by atoms with Crippen LogP contribution in [0.15, 0.2) is 0 Å². The lowest BCUT2D eigenvalue weighted by atomic mass is 10.0. The lowest BCUT2D eigenvalue weighted by molar-refractivity contribution is -0.141. The maximum absolute atomic E-state index is 12.2. The Morgan fingerprint density at radius 2 is 2.10 bits per heavy atom. The van der Waals surface area contributed by atoms with Crippen molar-refractivity contribution in [1.29, 1.82) is 0 Å². The quantitative estimate of drug-likeness (QED) is 0.666. The lowest BCUT2D eigenvalue weighted by Gasteiger charge is -2.15. The maximum atomic E-state index is 12.2. The van der Waals surface area contributed by atoms with E-state index in [9.17, 15) is 18.0 Å². The van der Waals surface area contributed by atoms with Crippen LogP contribution in [-0.4, -0.2) is 38.8 Å². The minimum atomic E-state index is -3.20. The third kappa shape index (κ3) is 4.04. The molecule has 0 aliphatic heterocycles. The Morgan fingerprint density at radius 3 is 2.60 bits per heavy atom. The molecule has 0 aromatic heterocycles. The van der Waals surface area contributed by atoms with Gasteiger partial charge < -0.3 is 4.74 Å². The summed E-state index contributed by atoms with van der Waals surface area (Å²) in [5.41, 5.74) is -0.397. The fraction of sp³-hybridized carbons (Fsp3) is 0.857. The zero-order valence-corrected chi connectivity index (χ0v) is 12.7.